The monoisotopic (exact) mass is 382 g/mol. The van der Waals surface area contributed by atoms with Crippen molar-refractivity contribution in [1.29, 1.82) is 0 Å². The molecule has 27 heavy (non-hydrogen) atoms. The van der Waals surface area contributed by atoms with Crippen LogP contribution in [-0.4, -0.2) is 25.1 Å². The number of nitrogens with zero attached hydrogens (tertiary/aromatic N) is 1. The summed E-state index contributed by atoms with van der Waals surface area (Å²) in [6.07, 6.45) is 3.42. The fourth-order valence-corrected chi connectivity index (χ4v) is 2.84. The molecule has 3 rings (SSSR count). The molecule has 1 aromatic heterocycles. The van der Waals surface area contributed by atoms with Gasteiger partial charge >= 0.3 is 0 Å². The molecule has 0 saturated carbocycles. The first-order chi connectivity index (χ1) is 13.1. The molecular weight excluding hydrogens is 364 g/mol. The molecule has 0 aliphatic carbocycles. The Labute approximate surface area is 162 Å². The minimum Gasteiger partial charge on any atom is -0.497 e. The lowest BCUT2D eigenvalue weighted by Crippen LogP contribution is -2.29. The number of methoxy groups -OCH3 is 2. The van der Waals surface area contributed by atoms with Crippen molar-refractivity contribution >= 4 is 17.5 Å². The number of amides is 1. The van der Waals surface area contributed by atoms with E-state index in [0.717, 1.165) is 11.1 Å². The molecule has 1 N–H and O–H groups in total. The molecular formula is C21H19ClN2O3. The van der Waals surface area contributed by atoms with Crippen LogP contribution >= 0.6 is 11.6 Å². The van der Waals surface area contributed by atoms with Gasteiger partial charge in [0.15, 0.2) is 0 Å². The summed E-state index contributed by atoms with van der Waals surface area (Å²) in [5.41, 5.74) is 2.20. The van der Waals surface area contributed by atoms with Gasteiger partial charge < -0.3 is 14.8 Å². The van der Waals surface area contributed by atoms with Crippen molar-refractivity contribution in [3.63, 3.8) is 0 Å². The van der Waals surface area contributed by atoms with Gasteiger partial charge in [0.1, 0.15) is 11.5 Å². The Morgan fingerprint density at radius 1 is 1.00 bits per heavy atom. The molecule has 1 heterocycles. The third kappa shape index (κ3) is 4.57. The Morgan fingerprint density at radius 2 is 1.67 bits per heavy atom. The maximum atomic E-state index is 12.9. The number of hydrogen-bond donors (Lipinski definition) is 1. The van der Waals surface area contributed by atoms with Gasteiger partial charge in [-0.25, -0.2) is 0 Å². The van der Waals surface area contributed by atoms with Crippen molar-refractivity contribution in [3.05, 3.63) is 88.7 Å². The van der Waals surface area contributed by atoms with Gasteiger partial charge in [0.2, 0.25) is 0 Å². The molecule has 0 bridgehead atoms. The molecule has 0 saturated heterocycles. The molecule has 2 aromatic carbocycles. The highest BCUT2D eigenvalue weighted by molar-refractivity contribution is 6.30. The number of aromatic nitrogens is 1. The average molecular weight is 383 g/mol. The number of rotatable bonds is 6. The fraction of sp³-hybridized carbons (Fsp3) is 0.143. The van der Waals surface area contributed by atoms with Crippen LogP contribution in [0, 0.1) is 0 Å². The predicted octanol–water partition coefficient (Wildman–Crippen LogP) is 4.27. The first-order valence-electron chi connectivity index (χ1n) is 8.30. The number of ether oxygens (including phenoxy) is 2. The summed E-state index contributed by atoms with van der Waals surface area (Å²) in [4.78, 5) is 17.1. The maximum absolute atomic E-state index is 12.9. The van der Waals surface area contributed by atoms with Gasteiger partial charge in [0, 0.05) is 29.0 Å². The summed E-state index contributed by atoms with van der Waals surface area (Å²) >= 11 is 6.00. The summed E-state index contributed by atoms with van der Waals surface area (Å²) in [7, 11) is 3.09. The third-order valence-electron chi connectivity index (χ3n) is 4.11. The molecule has 138 valence electrons. The second kappa shape index (κ2) is 8.56. The van der Waals surface area contributed by atoms with E-state index in [4.69, 9.17) is 21.1 Å². The van der Waals surface area contributed by atoms with E-state index < -0.39 is 0 Å². The van der Waals surface area contributed by atoms with Crippen LogP contribution < -0.4 is 14.8 Å². The van der Waals surface area contributed by atoms with E-state index in [9.17, 15) is 4.79 Å². The van der Waals surface area contributed by atoms with Gasteiger partial charge in [0.25, 0.3) is 5.91 Å². The Morgan fingerprint density at radius 3 is 2.22 bits per heavy atom. The summed E-state index contributed by atoms with van der Waals surface area (Å²) in [6.45, 7) is 0. The number of pyridine rings is 1. The zero-order chi connectivity index (χ0) is 19.2. The second-order valence-corrected chi connectivity index (χ2v) is 6.28. The maximum Gasteiger partial charge on any atom is 0.252 e. The normalized spacial score (nSPS) is 11.5. The highest BCUT2D eigenvalue weighted by atomic mass is 35.5. The van der Waals surface area contributed by atoms with Gasteiger partial charge in [-0.1, -0.05) is 29.8 Å². The molecule has 0 aliphatic rings. The Bertz CT molecular complexity index is 892. The van der Waals surface area contributed by atoms with E-state index in [1.165, 1.54) is 0 Å². The van der Waals surface area contributed by atoms with Gasteiger partial charge in [-0.15, -0.1) is 0 Å². The zero-order valence-electron chi connectivity index (χ0n) is 15.0. The summed E-state index contributed by atoms with van der Waals surface area (Å²) in [5, 5.41) is 3.69. The van der Waals surface area contributed by atoms with Gasteiger partial charge in [-0.05, 0) is 41.5 Å². The largest absolute Gasteiger partial charge is 0.497 e. The molecule has 1 amide bonds. The smallest absolute Gasteiger partial charge is 0.252 e. The molecule has 0 radical (unpaired) electrons. The summed E-state index contributed by atoms with van der Waals surface area (Å²) < 4.78 is 10.5. The quantitative estimate of drug-likeness (QED) is 0.691. The van der Waals surface area contributed by atoms with Crippen molar-refractivity contribution in [2.75, 3.05) is 14.2 Å². The number of halogens is 1. The standard InChI is InChI=1S/C21H19ClN2O3/c1-26-18-10-16(11-19(12-18)27-2)21(25)24-20(15-4-3-9-23-13-15)14-5-7-17(22)8-6-14/h3-13,20H,1-2H3,(H,24,25)/t20-/m1/s1. The predicted molar refractivity (Wildman–Crippen MR) is 105 cm³/mol. The van der Waals surface area contributed by atoms with Crippen LogP contribution in [0.25, 0.3) is 0 Å². The third-order valence-corrected chi connectivity index (χ3v) is 4.36. The van der Waals surface area contributed by atoms with Crippen molar-refractivity contribution in [1.82, 2.24) is 10.3 Å². The Hall–Kier alpha value is -3.05. The van der Waals surface area contributed by atoms with Crippen LogP contribution in [0.4, 0.5) is 0 Å². The number of carbonyl (C=O) groups excluding carboxylic acids is 1. The van der Waals surface area contributed by atoms with Crippen molar-refractivity contribution < 1.29 is 14.3 Å². The lowest BCUT2D eigenvalue weighted by molar-refractivity contribution is 0.0942. The van der Waals surface area contributed by atoms with E-state index in [-0.39, 0.29) is 11.9 Å². The molecule has 0 aliphatic heterocycles. The number of benzene rings is 2. The van der Waals surface area contributed by atoms with Crippen molar-refractivity contribution in [2.24, 2.45) is 0 Å². The molecule has 6 heteroatoms. The average Bonchev–Trinajstić information content (AvgIpc) is 2.72. The summed E-state index contributed by atoms with van der Waals surface area (Å²) in [6, 6.07) is 15.8. The number of nitrogens with one attached hydrogen (secondary N) is 1. The van der Waals surface area contributed by atoms with E-state index in [2.05, 4.69) is 10.3 Å². The minimum absolute atomic E-state index is 0.254. The fourth-order valence-electron chi connectivity index (χ4n) is 2.71. The molecule has 5 nitrogen and oxygen atoms in total. The van der Waals surface area contributed by atoms with E-state index in [1.807, 2.05) is 24.3 Å². The lowest BCUT2D eigenvalue weighted by Gasteiger charge is -2.20. The molecule has 3 aromatic rings. The molecule has 1 atom stereocenters. The van der Waals surface area contributed by atoms with Gasteiger partial charge in [-0.3, -0.25) is 9.78 Å². The topological polar surface area (TPSA) is 60.5 Å². The van der Waals surface area contributed by atoms with E-state index in [1.54, 1.807) is 56.9 Å². The molecule has 0 fully saturated rings. The highest BCUT2D eigenvalue weighted by Gasteiger charge is 2.19. The van der Waals surface area contributed by atoms with Crippen LogP contribution in [0.15, 0.2) is 67.0 Å². The number of hydrogen-bond acceptors (Lipinski definition) is 4. The van der Waals surface area contributed by atoms with Gasteiger partial charge in [-0.2, -0.15) is 0 Å². The lowest BCUT2D eigenvalue weighted by atomic mass is 9.99. The molecule has 0 spiro atoms. The Balaban J connectivity index is 1.94. The van der Waals surface area contributed by atoms with E-state index in [0.29, 0.717) is 22.1 Å². The van der Waals surface area contributed by atoms with Crippen LogP contribution in [0.1, 0.15) is 27.5 Å². The minimum atomic E-state index is -0.374. The van der Waals surface area contributed by atoms with Gasteiger partial charge in [0.05, 0.1) is 20.3 Å². The Kier molecular flexibility index (Phi) is 5.94. The second-order valence-electron chi connectivity index (χ2n) is 5.85. The van der Waals surface area contributed by atoms with Crippen LogP contribution in [-0.2, 0) is 0 Å². The summed E-state index contributed by atoms with van der Waals surface area (Å²) in [5.74, 6) is 0.837. The van der Waals surface area contributed by atoms with Crippen molar-refractivity contribution in [2.45, 2.75) is 6.04 Å². The SMILES string of the molecule is COc1cc(OC)cc(C(=O)N[C@H](c2ccc(Cl)cc2)c2cccnc2)c1. The van der Waals surface area contributed by atoms with Crippen LogP contribution in [0.3, 0.4) is 0 Å². The molecule has 0 unspecified atom stereocenters. The van der Waals surface area contributed by atoms with E-state index >= 15 is 0 Å². The van der Waals surface area contributed by atoms with Crippen LogP contribution in [0.2, 0.25) is 5.02 Å². The number of carbonyl (C=O) groups is 1. The first kappa shape index (κ1) is 18.7. The van der Waals surface area contributed by atoms with Crippen LogP contribution in [0.5, 0.6) is 11.5 Å². The highest BCUT2D eigenvalue weighted by Crippen LogP contribution is 2.26. The first-order valence-corrected chi connectivity index (χ1v) is 8.68. The zero-order valence-corrected chi connectivity index (χ0v) is 15.7. The van der Waals surface area contributed by atoms with Crippen molar-refractivity contribution in [3.8, 4) is 11.5 Å².